The van der Waals surface area contributed by atoms with Crippen molar-refractivity contribution in [1.29, 1.82) is 0 Å². The summed E-state index contributed by atoms with van der Waals surface area (Å²) in [6.45, 7) is 1.67. The molecule has 0 aromatic carbocycles. The molecule has 1 heterocycles. The Labute approximate surface area is 87.4 Å². The summed E-state index contributed by atoms with van der Waals surface area (Å²) in [5, 5.41) is 8.16. The second-order valence-electron chi connectivity index (χ2n) is 3.12. The average molecular weight is 217 g/mol. The molecule has 0 spiro atoms. The summed E-state index contributed by atoms with van der Waals surface area (Å²) in [6, 6.07) is -0.632. The quantitative estimate of drug-likeness (QED) is 0.561. The predicted octanol–water partition coefficient (Wildman–Crippen LogP) is -1.10. The van der Waals surface area contributed by atoms with Gasteiger partial charge in [0.2, 0.25) is 11.8 Å². The van der Waals surface area contributed by atoms with Crippen LogP contribution in [0.2, 0.25) is 0 Å². The van der Waals surface area contributed by atoms with Crippen LogP contribution in [0.25, 0.3) is 0 Å². The molecule has 0 radical (unpaired) electrons. The first kappa shape index (κ1) is 11.3. The Morgan fingerprint density at radius 1 is 1.57 bits per heavy atom. The van der Waals surface area contributed by atoms with Crippen molar-refractivity contribution in [3.8, 4) is 0 Å². The summed E-state index contributed by atoms with van der Waals surface area (Å²) >= 11 is 1.68. The molecule has 1 fully saturated rings. The third kappa shape index (κ3) is 2.88. The largest absolute Gasteiger partial charge is 0.357 e. The van der Waals surface area contributed by atoms with Crippen LogP contribution >= 0.6 is 11.8 Å². The number of likely N-dealkylation sites (N-methyl/N-ethyl adjacent to an activating group) is 1. The van der Waals surface area contributed by atoms with Gasteiger partial charge in [-0.3, -0.25) is 14.9 Å². The standard InChI is InChI=1S/C8H15N3O2S/c1-5(7(12)9-2)11-8(13)6-3-14-4-10-6/h5-6,10H,3-4H2,1-2H3,(H,9,12)(H,11,13). The SMILES string of the molecule is CNC(=O)C(C)NC(=O)C1CSCN1. The lowest BCUT2D eigenvalue weighted by molar-refractivity contribution is -0.129. The van der Waals surface area contributed by atoms with Gasteiger partial charge in [0, 0.05) is 18.7 Å². The molecule has 2 unspecified atom stereocenters. The molecule has 6 heteroatoms. The highest BCUT2D eigenvalue weighted by Gasteiger charge is 2.24. The predicted molar refractivity (Wildman–Crippen MR) is 55.9 cm³/mol. The van der Waals surface area contributed by atoms with Crippen LogP contribution in [0.4, 0.5) is 0 Å². The van der Waals surface area contributed by atoms with E-state index in [9.17, 15) is 9.59 Å². The Kier molecular flexibility index (Phi) is 4.21. The second-order valence-corrected chi connectivity index (χ2v) is 4.15. The van der Waals surface area contributed by atoms with E-state index in [0.29, 0.717) is 0 Å². The number of hydrogen-bond donors (Lipinski definition) is 3. The molecule has 1 aliphatic rings. The molecule has 2 atom stereocenters. The van der Waals surface area contributed by atoms with Crippen molar-refractivity contribution in [3.05, 3.63) is 0 Å². The first-order valence-electron chi connectivity index (χ1n) is 4.48. The van der Waals surface area contributed by atoms with Crippen LogP contribution in [0, 0.1) is 0 Å². The normalized spacial score (nSPS) is 22.9. The smallest absolute Gasteiger partial charge is 0.242 e. The molecule has 5 nitrogen and oxygen atoms in total. The van der Waals surface area contributed by atoms with Gasteiger partial charge in [-0.15, -0.1) is 11.8 Å². The van der Waals surface area contributed by atoms with Crippen molar-refractivity contribution >= 4 is 23.6 Å². The van der Waals surface area contributed by atoms with Crippen LogP contribution < -0.4 is 16.0 Å². The molecule has 0 aromatic heterocycles. The van der Waals surface area contributed by atoms with E-state index >= 15 is 0 Å². The van der Waals surface area contributed by atoms with Gasteiger partial charge >= 0.3 is 0 Å². The molecule has 0 aromatic rings. The van der Waals surface area contributed by atoms with E-state index < -0.39 is 6.04 Å². The highest BCUT2D eigenvalue weighted by Crippen LogP contribution is 2.09. The highest BCUT2D eigenvalue weighted by atomic mass is 32.2. The van der Waals surface area contributed by atoms with Crippen molar-refractivity contribution in [2.75, 3.05) is 18.7 Å². The monoisotopic (exact) mass is 217 g/mol. The minimum absolute atomic E-state index is 0.105. The number of nitrogens with one attached hydrogen (secondary N) is 3. The second kappa shape index (κ2) is 5.21. The van der Waals surface area contributed by atoms with E-state index in [1.807, 2.05) is 0 Å². The van der Waals surface area contributed by atoms with E-state index in [-0.39, 0.29) is 17.9 Å². The van der Waals surface area contributed by atoms with Gasteiger partial charge in [-0.25, -0.2) is 0 Å². The maximum Gasteiger partial charge on any atom is 0.242 e. The van der Waals surface area contributed by atoms with Gasteiger partial charge in [0.25, 0.3) is 0 Å². The minimum atomic E-state index is -0.472. The zero-order chi connectivity index (χ0) is 10.6. The van der Waals surface area contributed by atoms with Gasteiger partial charge in [0.15, 0.2) is 0 Å². The van der Waals surface area contributed by atoms with Crippen molar-refractivity contribution in [1.82, 2.24) is 16.0 Å². The fourth-order valence-electron chi connectivity index (χ4n) is 1.16. The zero-order valence-corrected chi connectivity index (χ0v) is 9.11. The number of carbonyl (C=O) groups is 2. The van der Waals surface area contributed by atoms with Crippen LogP contribution in [0.5, 0.6) is 0 Å². The van der Waals surface area contributed by atoms with Crippen LogP contribution in [-0.2, 0) is 9.59 Å². The van der Waals surface area contributed by atoms with Crippen LogP contribution in [0.3, 0.4) is 0 Å². The molecular weight excluding hydrogens is 202 g/mol. The zero-order valence-electron chi connectivity index (χ0n) is 8.29. The summed E-state index contributed by atoms with van der Waals surface area (Å²) in [4.78, 5) is 22.6. The van der Waals surface area contributed by atoms with Crippen molar-refractivity contribution in [2.45, 2.75) is 19.0 Å². The first-order chi connectivity index (χ1) is 6.65. The molecule has 80 valence electrons. The maximum absolute atomic E-state index is 11.5. The Bertz CT molecular complexity index is 229. The molecule has 0 aliphatic carbocycles. The van der Waals surface area contributed by atoms with E-state index in [1.54, 1.807) is 25.7 Å². The van der Waals surface area contributed by atoms with Crippen LogP contribution in [0.15, 0.2) is 0 Å². The van der Waals surface area contributed by atoms with Gasteiger partial charge < -0.3 is 10.6 Å². The van der Waals surface area contributed by atoms with E-state index in [2.05, 4.69) is 16.0 Å². The Morgan fingerprint density at radius 3 is 2.79 bits per heavy atom. The summed E-state index contributed by atoms with van der Waals surface area (Å²) in [6.07, 6.45) is 0. The molecule has 14 heavy (non-hydrogen) atoms. The van der Waals surface area contributed by atoms with E-state index in [0.717, 1.165) is 11.6 Å². The van der Waals surface area contributed by atoms with E-state index in [1.165, 1.54) is 0 Å². The summed E-state index contributed by atoms with van der Waals surface area (Å²) in [7, 11) is 1.55. The number of amides is 2. The fourth-order valence-corrected chi connectivity index (χ4v) is 2.10. The fraction of sp³-hybridized carbons (Fsp3) is 0.750. The molecule has 1 aliphatic heterocycles. The molecule has 0 saturated carbocycles. The Morgan fingerprint density at radius 2 is 2.29 bits per heavy atom. The average Bonchev–Trinajstić information content (AvgIpc) is 2.69. The Hall–Kier alpha value is -0.750. The van der Waals surface area contributed by atoms with Crippen LogP contribution in [0.1, 0.15) is 6.92 Å². The molecule has 2 amide bonds. The molecule has 3 N–H and O–H groups in total. The summed E-state index contributed by atoms with van der Waals surface area (Å²) in [5.74, 6) is 1.29. The summed E-state index contributed by atoms with van der Waals surface area (Å²) in [5.41, 5.74) is 0. The number of carbonyl (C=O) groups excluding carboxylic acids is 2. The van der Waals surface area contributed by atoms with Crippen molar-refractivity contribution in [3.63, 3.8) is 0 Å². The van der Waals surface area contributed by atoms with Gasteiger partial charge in [-0.05, 0) is 6.92 Å². The minimum Gasteiger partial charge on any atom is -0.357 e. The summed E-state index contributed by atoms with van der Waals surface area (Å²) < 4.78 is 0. The number of rotatable bonds is 3. The third-order valence-electron chi connectivity index (χ3n) is 2.03. The van der Waals surface area contributed by atoms with Crippen molar-refractivity contribution < 1.29 is 9.59 Å². The lowest BCUT2D eigenvalue weighted by Crippen LogP contribution is -2.50. The van der Waals surface area contributed by atoms with Crippen molar-refractivity contribution in [2.24, 2.45) is 0 Å². The molecule has 1 rings (SSSR count). The highest BCUT2D eigenvalue weighted by molar-refractivity contribution is 7.99. The number of hydrogen-bond acceptors (Lipinski definition) is 4. The lowest BCUT2D eigenvalue weighted by Gasteiger charge is -2.15. The van der Waals surface area contributed by atoms with Gasteiger partial charge in [0.05, 0.1) is 6.04 Å². The Balaban J connectivity index is 2.35. The van der Waals surface area contributed by atoms with Gasteiger partial charge in [-0.1, -0.05) is 0 Å². The van der Waals surface area contributed by atoms with Gasteiger partial charge in [0.1, 0.15) is 6.04 Å². The first-order valence-corrected chi connectivity index (χ1v) is 5.63. The molecular formula is C8H15N3O2S. The third-order valence-corrected chi connectivity index (χ3v) is 2.97. The van der Waals surface area contributed by atoms with E-state index in [4.69, 9.17) is 0 Å². The lowest BCUT2D eigenvalue weighted by atomic mass is 10.2. The number of thioether (sulfide) groups is 1. The van der Waals surface area contributed by atoms with Crippen LogP contribution in [-0.4, -0.2) is 42.6 Å². The molecule has 0 bridgehead atoms. The topological polar surface area (TPSA) is 70.2 Å². The van der Waals surface area contributed by atoms with Gasteiger partial charge in [-0.2, -0.15) is 0 Å². The maximum atomic E-state index is 11.5. The molecule has 1 saturated heterocycles.